The van der Waals surface area contributed by atoms with Gasteiger partial charge in [-0.25, -0.2) is 0 Å². The summed E-state index contributed by atoms with van der Waals surface area (Å²) in [5, 5.41) is 0. The molecule has 0 saturated carbocycles. The lowest BCUT2D eigenvalue weighted by atomic mass is 10.1. The lowest BCUT2D eigenvalue weighted by Crippen LogP contribution is -2.38. The molecule has 1 unspecified atom stereocenters. The molecule has 0 aromatic heterocycles. The predicted molar refractivity (Wildman–Crippen MR) is 52.7 cm³/mol. The number of hydrogen-bond donors (Lipinski definition) is 1. The topological polar surface area (TPSA) is 61.6 Å². The standard InChI is InChI=1S/C10H19NO3/c1-7(2)9(11)10(12)14-6-8-4-3-5-13-8/h7-9H,3-6,11H2,1-2H3/t8-,9?/m0/s1. The molecule has 2 N–H and O–H groups in total. The van der Waals surface area contributed by atoms with Gasteiger partial charge in [-0.15, -0.1) is 0 Å². The van der Waals surface area contributed by atoms with E-state index in [1.807, 2.05) is 13.8 Å². The van der Waals surface area contributed by atoms with Crippen LogP contribution in [0.15, 0.2) is 0 Å². The van der Waals surface area contributed by atoms with Crippen molar-refractivity contribution in [3.8, 4) is 0 Å². The third-order valence-corrected chi connectivity index (χ3v) is 2.43. The van der Waals surface area contributed by atoms with Gasteiger partial charge in [0.2, 0.25) is 0 Å². The lowest BCUT2D eigenvalue weighted by Gasteiger charge is -2.16. The number of nitrogens with two attached hydrogens (primary N) is 1. The first-order valence-corrected chi connectivity index (χ1v) is 5.15. The van der Waals surface area contributed by atoms with E-state index in [4.69, 9.17) is 15.2 Å². The second kappa shape index (κ2) is 5.32. The van der Waals surface area contributed by atoms with Crippen molar-refractivity contribution in [2.24, 2.45) is 11.7 Å². The molecular weight excluding hydrogens is 182 g/mol. The maximum atomic E-state index is 11.3. The van der Waals surface area contributed by atoms with Gasteiger partial charge < -0.3 is 15.2 Å². The number of carbonyl (C=O) groups is 1. The first-order valence-electron chi connectivity index (χ1n) is 5.15. The van der Waals surface area contributed by atoms with Gasteiger partial charge in [0, 0.05) is 6.61 Å². The Morgan fingerprint density at radius 1 is 1.64 bits per heavy atom. The lowest BCUT2D eigenvalue weighted by molar-refractivity contribution is -0.149. The molecule has 0 aromatic carbocycles. The molecule has 1 aliphatic heterocycles. The van der Waals surface area contributed by atoms with Gasteiger partial charge in [-0.2, -0.15) is 0 Å². The fourth-order valence-corrected chi connectivity index (χ4v) is 1.32. The van der Waals surface area contributed by atoms with Crippen molar-refractivity contribution >= 4 is 5.97 Å². The summed E-state index contributed by atoms with van der Waals surface area (Å²) < 4.78 is 10.4. The molecule has 1 heterocycles. The van der Waals surface area contributed by atoms with E-state index < -0.39 is 6.04 Å². The monoisotopic (exact) mass is 201 g/mol. The number of rotatable bonds is 4. The molecule has 0 aromatic rings. The molecule has 2 atom stereocenters. The SMILES string of the molecule is CC(C)C(N)C(=O)OC[C@@H]1CCCO1. The minimum absolute atomic E-state index is 0.0818. The Bertz CT molecular complexity index is 188. The van der Waals surface area contributed by atoms with Gasteiger partial charge in [-0.3, -0.25) is 4.79 Å². The van der Waals surface area contributed by atoms with Crippen LogP contribution in [-0.4, -0.2) is 31.3 Å². The van der Waals surface area contributed by atoms with E-state index in [1.165, 1.54) is 0 Å². The van der Waals surface area contributed by atoms with Crippen LogP contribution in [0.5, 0.6) is 0 Å². The Morgan fingerprint density at radius 3 is 2.86 bits per heavy atom. The van der Waals surface area contributed by atoms with Crippen molar-refractivity contribution in [3.63, 3.8) is 0 Å². The molecule has 0 aliphatic carbocycles. The number of ether oxygens (including phenoxy) is 2. The fraction of sp³-hybridized carbons (Fsp3) is 0.900. The maximum absolute atomic E-state index is 11.3. The summed E-state index contributed by atoms with van der Waals surface area (Å²) in [4.78, 5) is 11.3. The second-order valence-electron chi connectivity index (χ2n) is 4.03. The molecule has 1 rings (SSSR count). The highest BCUT2D eigenvalue weighted by atomic mass is 16.6. The minimum Gasteiger partial charge on any atom is -0.462 e. The smallest absolute Gasteiger partial charge is 0.323 e. The van der Waals surface area contributed by atoms with Crippen molar-refractivity contribution in [3.05, 3.63) is 0 Å². The summed E-state index contributed by atoms with van der Waals surface area (Å²) in [6.45, 7) is 4.92. The Balaban J connectivity index is 2.19. The molecule has 1 fully saturated rings. The normalized spacial score (nSPS) is 23.9. The molecule has 0 spiro atoms. The van der Waals surface area contributed by atoms with Crippen LogP contribution < -0.4 is 5.73 Å². The zero-order chi connectivity index (χ0) is 10.6. The highest BCUT2D eigenvalue weighted by Gasteiger charge is 2.22. The van der Waals surface area contributed by atoms with E-state index in [0.29, 0.717) is 6.61 Å². The molecule has 4 heteroatoms. The highest BCUT2D eigenvalue weighted by Crippen LogP contribution is 2.12. The van der Waals surface area contributed by atoms with Crippen LogP contribution in [0, 0.1) is 5.92 Å². The predicted octanol–water partition coefficient (Wildman–Crippen LogP) is 0.692. The molecule has 4 nitrogen and oxygen atoms in total. The Kier molecular flexibility index (Phi) is 4.35. The minimum atomic E-state index is -0.517. The first-order chi connectivity index (χ1) is 6.61. The average molecular weight is 201 g/mol. The summed E-state index contributed by atoms with van der Waals surface area (Å²) in [6, 6.07) is -0.517. The molecule has 0 bridgehead atoms. The van der Waals surface area contributed by atoms with E-state index in [-0.39, 0.29) is 18.0 Å². The van der Waals surface area contributed by atoms with Gasteiger partial charge in [-0.05, 0) is 18.8 Å². The van der Waals surface area contributed by atoms with Crippen LogP contribution in [0.25, 0.3) is 0 Å². The van der Waals surface area contributed by atoms with E-state index in [2.05, 4.69) is 0 Å². The summed E-state index contributed by atoms with van der Waals surface area (Å²) in [5.41, 5.74) is 5.63. The third-order valence-electron chi connectivity index (χ3n) is 2.43. The molecular formula is C10H19NO3. The summed E-state index contributed by atoms with van der Waals surface area (Å²) in [7, 11) is 0. The fourth-order valence-electron chi connectivity index (χ4n) is 1.32. The maximum Gasteiger partial charge on any atom is 0.323 e. The molecule has 14 heavy (non-hydrogen) atoms. The van der Waals surface area contributed by atoms with Gasteiger partial charge in [0.15, 0.2) is 0 Å². The van der Waals surface area contributed by atoms with Crippen molar-refractivity contribution < 1.29 is 14.3 Å². The van der Waals surface area contributed by atoms with Crippen molar-refractivity contribution in [2.45, 2.75) is 38.8 Å². The summed E-state index contributed by atoms with van der Waals surface area (Å²) in [5.74, 6) is -0.206. The molecule has 0 radical (unpaired) electrons. The number of carbonyl (C=O) groups excluding carboxylic acids is 1. The zero-order valence-electron chi connectivity index (χ0n) is 8.86. The van der Waals surface area contributed by atoms with Gasteiger partial charge in [-0.1, -0.05) is 13.8 Å². The molecule has 82 valence electrons. The van der Waals surface area contributed by atoms with Gasteiger partial charge in [0.05, 0.1) is 6.10 Å². The first kappa shape index (κ1) is 11.5. The third kappa shape index (κ3) is 3.27. The Hall–Kier alpha value is -0.610. The van der Waals surface area contributed by atoms with Gasteiger partial charge in [0.1, 0.15) is 12.6 Å². The Labute approximate surface area is 84.7 Å². The van der Waals surface area contributed by atoms with E-state index in [0.717, 1.165) is 19.4 Å². The second-order valence-corrected chi connectivity index (χ2v) is 4.03. The van der Waals surface area contributed by atoms with Crippen molar-refractivity contribution in [1.82, 2.24) is 0 Å². The van der Waals surface area contributed by atoms with Gasteiger partial charge >= 0.3 is 5.97 Å². The largest absolute Gasteiger partial charge is 0.462 e. The van der Waals surface area contributed by atoms with Crippen LogP contribution in [0.4, 0.5) is 0 Å². The average Bonchev–Trinajstić information content (AvgIpc) is 2.65. The van der Waals surface area contributed by atoms with Crippen LogP contribution >= 0.6 is 0 Å². The van der Waals surface area contributed by atoms with Crippen LogP contribution in [0.2, 0.25) is 0 Å². The van der Waals surface area contributed by atoms with E-state index in [9.17, 15) is 4.79 Å². The molecule has 1 aliphatic rings. The van der Waals surface area contributed by atoms with Crippen LogP contribution in [0.1, 0.15) is 26.7 Å². The van der Waals surface area contributed by atoms with Crippen molar-refractivity contribution in [2.75, 3.05) is 13.2 Å². The van der Waals surface area contributed by atoms with Crippen molar-refractivity contribution in [1.29, 1.82) is 0 Å². The van der Waals surface area contributed by atoms with Crippen LogP contribution in [-0.2, 0) is 14.3 Å². The van der Waals surface area contributed by atoms with Gasteiger partial charge in [0.25, 0.3) is 0 Å². The van der Waals surface area contributed by atoms with E-state index >= 15 is 0 Å². The number of hydrogen-bond acceptors (Lipinski definition) is 4. The molecule has 0 amide bonds. The van der Waals surface area contributed by atoms with E-state index in [1.54, 1.807) is 0 Å². The number of esters is 1. The summed E-state index contributed by atoms with van der Waals surface area (Å²) >= 11 is 0. The summed E-state index contributed by atoms with van der Waals surface area (Å²) in [6.07, 6.45) is 2.11. The zero-order valence-corrected chi connectivity index (χ0v) is 8.86. The quantitative estimate of drug-likeness (QED) is 0.680. The molecule has 1 saturated heterocycles. The Morgan fingerprint density at radius 2 is 2.36 bits per heavy atom. The highest BCUT2D eigenvalue weighted by molar-refractivity contribution is 5.75. The van der Waals surface area contributed by atoms with Crippen LogP contribution in [0.3, 0.4) is 0 Å².